The molecule has 0 amide bonds. The van der Waals surface area contributed by atoms with Crippen LogP contribution >= 0.6 is 11.3 Å². The Morgan fingerprint density at radius 1 is 1.44 bits per heavy atom. The highest BCUT2D eigenvalue weighted by molar-refractivity contribution is 7.91. The molecule has 1 rings (SSSR count). The number of anilines is 1. The molecule has 6 nitrogen and oxygen atoms in total. The SMILES string of the molecule is CC(C)NS(=O)(=O)Nc1nc(C(C)N)cs1. The van der Waals surface area contributed by atoms with Gasteiger partial charge in [0.1, 0.15) is 0 Å². The standard InChI is InChI=1S/C8H16N4O2S2/c1-5(2)11-16(13,14)12-8-10-7(4-15-8)6(3)9/h4-6,11H,9H2,1-3H3,(H,10,12). The van der Waals surface area contributed by atoms with E-state index < -0.39 is 10.2 Å². The Bertz CT molecular complexity index is 439. The molecule has 92 valence electrons. The molecule has 0 fully saturated rings. The molecule has 0 radical (unpaired) electrons. The first kappa shape index (κ1) is 13.4. The number of hydrogen-bond donors (Lipinski definition) is 3. The number of nitrogens with one attached hydrogen (secondary N) is 2. The molecule has 0 spiro atoms. The zero-order valence-corrected chi connectivity index (χ0v) is 11.0. The number of thiazole rings is 1. The van der Waals surface area contributed by atoms with Crippen LogP contribution in [0.5, 0.6) is 0 Å². The molecule has 16 heavy (non-hydrogen) atoms. The normalized spacial score (nSPS) is 14.1. The van der Waals surface area contributed by atoms with E-state index in [0.717, 1.165) is 0 Å². The zero-order chi connectivity index (χ0) is 12.3. The maximum Gasteiger partial charge on any atom is 0.301 e. The van der Waals surface area contributed by atoms with E-state index in [0.29, 0.717) is 10.8 Å². The number of rotatable bonds is 5. The average molecular weight is 264 g/mol. The lowest BCUT2D eigenvalue weighted by atomic mass is 10.3. The van der Waals surface area contributed by atoms with Gasteiger partial charge < -0.3 is 5.73 Å². The second-order valence-corrected chi connectivity index (χ2v) is 6.05. The molecule has 0 aliphatic rings. The Balaban J connectivity index is 2.73. The van der Waals surface area contributed by atoms with Crippen molar-refractivity contribution in [1.82, 2.24) is 9.71 Å². The fourth-order valence-electron chi connectivity index (χ4n) is 0.997. The summed E-state index contributed by atoms with van der Waals surface area (Å²) in [6.45, 7) is 5.28. The summed E-state index contributed by atoms with van der Waals surface area (Å²) in [4.78, 5) is 4.07. The van der Waals surface area contributed by atoms with Gasteiger partial charge in [0, 0.05) is 17.5 Å². The van der Waals surface area contributed by atoms with Gasteiger partial charge >= 0.3 is 10.2 Å². The Morgan fingerprint density at radius 3 is 2.50 bits per heavy atom. The molecule has 0 aliphatic heterocycles. The van der Waals surface area contributed by atoms with Gasteiger partial charge in [-0.25, -0.2) is 9.71 Å². The Hall–Kier alpha value is -0.700. The molecule has 8 heteroatoms. The van der Waals surface area contributed by atoms with Crippen molar-refractivity contribution in [2.75, 3.05) is 4.72 Å². The minimum atomic E-state index is -3.54. The number of hydrogen-bond acceptors (Lipinski definition) is 5. The third-order valence-electron chi connectivity index (χ3n) is 1.60. The van der Waals surface area contributed by atoms with Gasteiger partial charge in [0.25, 0.3) is 0 Å². The first-order valence-corrected chi connectivity index (χ1v) is 7.17. The molecule has 1 atom stereocenters. The van der Waals surface area contributed by atoms with Crippen LogP contribution in [0.25, 0.3) is 0 Å². The van der Waals surface area contributed by atoms with Crippen molar-refractivity contribution in [2.24, 2.45) is 5.73 Å². The Labute approximate surface area is 99.5 Å². The number of aromatic nitrogens is 1. The first-order chi connectivity index (χ1) is 7.30. The molecule has 1 unspecified atom stereocenters. The van der Waals surface area contributed by atoms with Crippen molar-refractivity contribution in [2.45, 2.75) is 32.9 Å². The third-order valence-corrected chi connectivity index (χ3v) is 3.75. The summed E-state index contributed by atoms with van der Waals surface area (Å²) in [6.07, 6.45) is 0. The van der Waals surface area contributed by atoms with Crippen molar-refractivity contribution < 1.29 is 8.42 Å². The third kappa shape index (κ3) is 4.05. The lowest BCUT2D eigenvalue weighted by Crippen LogP contribution is -2.35. The lowest BCUT2D eigenvalue weighted by Gasteiger charge is -2.09. The van der Waals surface area contributed by atoms with Gasteiger partial charge in [-0.3, -0.25) is 0 Å². The van der Waals surface area contributed by atoms with Crippen LogP contribution in [0, 0.1) is 0 Å². The molecule has 1 aromatic rings. The van der Waals surface area contributed by atoms with E-state index >= 15 is 0 Å². The second kappa shape index (κ2) is 5.09. The van der Waals surface area contributed by atoms with E-state index in [9.17, 15) is 8.42 Å². The van der Waals surface area contributed by atoms with Gasteiger partial charge in [-0.15, -0.1) is 11.3 Å². The predicted molar refractivity (Wildman–Crippen MR) is 65.5 cm³/mol. The fraction of sp³-hybridized carbons (Fsp3) is 0.625. The van der Waals surface area contributed by atoms with Crippen molar-refractivity contribution in [3.63, 3.8) is 0 Å². The molecule has 1 heterocycles. The number of nitrogens with two attached hydrogens (primary N) is 1. The summed E-state index contributed by atoms with van der Waals surface area (Å²) in [5, 5.41) is 2.05. The maximum absolute atomic E-state index is 11.5. The van der Waals surface area contributed by atoms with Gasteiger partial charge in [0.2, 0.25) is 0 Å². The van der Waals surface area contributed by atoms with E-state index in [1.165, 1.54) is 11.3 Å². The minimum Gasteiger partial charge on any atom is -0.323 e. The Morgan fingerprint density at radius 2 is 2.06 bits per heavy atom. The second-order valence-electron chi connectivity index (χ2n) is 3.74. The zero-order valence-electron chi connectivity index (χ0n) is 9.39. The van der Waals surface area contributed by atoms with E-state index in [1.54, 1.807) is 26.2 Å². The molecule has 1 aromatic heterocycles. The maximum atomic E-state index is 11.5. The quantitative estimate of drug-likeness (QED) is 0.733. The summed E-state index contributed by atoms with van der Waals surface area (Å²) in [6, 6.07) is -0.363. The van der Waals surface area contributed by atoms with Gasteiger partial charge in [0.05, 0.1) is 5.69 Å². The molecule has 0 bridgehead atoms. The van der Waals surface area contributed by atoms with Crippen LogP contribution in [0.3, 0.4) is 0 Å². The first-order valence-electron chi connectivity index (χ1n) is 4.81. The van der Waals surface area contributed by atoms with Crippen LogP contribution < -0.4 is 15.2 Å². The summed E-state index contributed by atoms with van der Waals surface area (Å²) >= 11 is 1.21. The molecule has 0 saturated heterocycles. The highest BCUT2D eigenvalue weighted by Crippen LogP contribution is 2.19. The number of nitrogens with zero attached hydrogens (tertiary/aromatic N) is 1. The Kier molecular flexibility index (Phi) is 4.25. The van der Waals surface area contributed by atoms with Crippen LogP contribution in [0.15, 0.2) is 5.38 Å². The van der Waals surface area contributed by atoms with E-state index in [2.05, 4.69) is 14.4 Å². The monoisotopic (exact) mass is 264 g/mol. The smallest absolute Gasteiger partial charge is 0.301 e. The fourth-order valence-corrected chi connectivity index (χ4v) is 3.13. The van der Waals surface area contributed by atoms with Crippen LogP contribution in [-0.2, 0) is 10.2 Å². The van der Waals surface area contributed by atoms with Crippen molar-refractivity contribution in [1.29, 1.82) is 0 Å². The van der Waals surface area contributed by atoms with Crippen LogP contribution in [0.1, 0.15) is 32.5 Å². The largest absolute Gasteiger partial charge is 0.323 e. The molecule has 0 aromatic carbocycles. The van der Waals surface area contributed by atoms with Gasteiger partial charge in [-0.05, 0) is 20.8 Å². The van der Waals surface area contributed by atoms with E-state index in [1.807, 2.05) is 0 Å². The van der Waals surface area contributed by atoms with Crippen LogP contribution in [0.2, 0.25) is 0 Å². The molecule has 0 aliphatic carbocycles. The summed E-state index contributed by atoms with van der Waals surface area (Å²) in [5.41, 5.74) is 6.30. The van der Waals surface area contributed by atoms with Crippen molar-refractivity contribution >= 4 is 26.7 Å². The van der Waals surface area contributed by atoms with Gasteiger partial charge in [0.15, 0.2) is 5.13 Å². The van der Waals surface area contributed by atoms with Crippen molar-refractivity contribution in [3.05, 3.63) is 11.1 Å². The van der Waals surface area contributed by atoms with Gasteiger partial charge in [-0.1, -0.05) is 0 Å². The predicted octanol–water partition coefficient (Wildman–Crippen LogP) is 0.817. The average Bonchev–Trinajstić information content (AvgIpc) is 2.48. The minimum absolute atomic E-state index is 0.162. The molecule has 4 N–H and O–H groups in total. The van der Waals surface area contributed by atoms with Crippen LogP contribution in [0.4, 0.5) is 5.13 Å². The lowest BCUT2D eigenvalue weighted by molar-refractivity contribution is 0.575. The molecular formula is C8H16N4O2S2. The summed E-state index contributed by atoms with van der Waals surface area (Å²) in [5.74, 6) is 0. The highest BCUT2D eigenvalue weighted by atomic mass is 32.2. The van der Waals surface area contributed by atoms with E-state index in [4.69, 9.17) is 5.73 Å². The van der Waals surface area contributed by atoms with Gasteiger partial charge in [-0.2, -0.15) is 13.1 Å². The van der Waals surface area contributed by atoms with Crippen LogP contribution in [-0.4, -0.2) is 19.4 Å². The molecular weight excluding hydrogens is 248 g/mol. The van der Waals surface area contributed by atoms with Crippen molar-refractivity contribution in [3.8, 4) is 0 Å². The molecule has 0 saturated carbocycles. The van der Waals surface area contributed by atoms with E-state index in [-0.39, 0.29) is 12.1 Å². The topological polar surface area (TPSA) is 97.1 Å². The summed E-state index contributed by atoms with van der Waals surface area (Å²) in [7, 11) is -3.54. The highest BCUT2D eigenvalue weighted by Gasteiger charge is 2.14. The summed E-state index contributed by atoms with van der Waals surface area (Å²) < 4.78 is 27.7.